The van der Waals surface area contributed by atoms with E-state index in [1.54, 1.807) is 48.5 Å². The molecule has 6 amide bonds. The number of hydrogen-bond donors (Lipinski definition) is 12. The normalized spacial score (nSPS) is 17.4. The number of amides is 6. The number of nitrogens with zero attached hydrogens (tertiary/aromatic N) is 6. The standard InChI is InChI=1S/C34H42N6O2.2C33H39FN6O2/c1-25-11-8-9-12-26(25)18-19-32(41)38-23-29-20-22-40(33(42)31(39-29)17-10-21-37-34(35)36)24-30(27-13-4-2-5-14-27)28-15-6-3-7-16-28;34-29(21-24-11-4-1-5-12-24)31(41)38-22-27-18-20-40(32(42)30(39-27)17-10-19-37-33(35)36)23-28(25-13-6-2-7-14-25)26-15-8-3-9-16-26;34-29-15-8-7-14-26(29)17-18-31(41)38-22-27-19-21-40(32(42)30(39-27)16-9-20-37-33(35)36)23-28(24-10-3-1-4-11-24)25-12-5-2-6-13-25/h2-9,11-16,18-19,29-31,39H,10,17,20-24H2,1H3,(H,38,41)(H4,35,36,37);1-9,11-16,21,27-28,30,39H,10,17-20,22-23H2,(H,38,41)(H4,35,36,37);1-8,10-15,17-18,27-28,30,39H,9,16,19-23H2,(H,38,41)(H4,35,36,37)/b19-18+;29-21-;18-17+/t29-,31-;2*27-,30-/m000/s1. The average molecular weight is 1710 g/mol. The van der Waals surface area contributed by atoms with E-state index in [4.69, 9.17) is 34.4 Å². The molecule has 0 bridgehead atoms. The Kier molecular flexibility index (Phi) is 38.4. The molecule has 3 aliphatic heterocycles. The second kappa shape index (κ2) is 51.0. The zero-order valence-corrected chi connectivity index (χ0v) is 71.6. The molecule has 9 aromatic rings. The van der Waals surface area contributed by atoms with Gasteiger partial charge in [-0.15, -0.1) is 0 Å². The fraction of sp³-hybridized carbons (Fsp3) is 0.310. The Bertz CT molecular complexity index is 4740. The summed E-state index contributed by atoms with van der Waals surface area (Å²) in [6.45, 7) is 7.45. The minimum atomic E-state index is -0.866. The van der Waals surface area contributed by atoms with E-state index >= 15 is 0 Å². The maximum atomic E-state index is 14.6. The average Bonchev–Trinajstić information content (AvgIpc) is 1.72. The lowest BCUT2D eigenvalue weighted by molar-refractivity contribution is -0.133. The topological polar surface area (TPSA) is 378 Å². The van der Waals surface area contributed by atoms with Crippen LogP contribution < -0.4 is 66.3 Å². The van der Waals surface area contributed by atoms with Crippen molar-refractivity contribution in [2.75, 3.05) is 78.5 Å². The van der Waals surface area contributed by atoms with Gasteiger partial charge in [0.15, 0.2) is 23.7 Å². The monoisotopic (exact) mass is 1710 g/mol. The third-order valence-corrected chi connectivity index (χ3v) is 22.4. The van der Waals surface area contributed by atoms with Gasteiger partial charge in [-0.3, -0.25) is 43.7 Å². The van der Waals surface area contributed by atoms with E-state index < -0.39 is 35.7 Å². The van der Waals surface area contributed by atoms with Gasteiger partial charge in [0.25, 0.3) is 5.91 Å². The molecule has 18 N–H and O–H groups in total. The number of carbonyl (C=O) groups excluding carboxylic acids is 6. The fourth-order valence-corrected chi connectivity index (χ4v) is 15.7. The van der Waals surface area contributed by atoms with Crippen LogP contribution in [0.15, 0.2) is 294 Å². The lowest BCUT2D eigenvalue weighted by Gasteiger charge is -2.29. The molecule has 6 atom stereocenters. The Labute approximate surface area is 738 Å². The quantitative estimate of drug-likeness (QED) is 0.00751. The molecule has 0 unspecified atom stereocenters. The molecule has 0 radical (unpaired) electrons. The highest BCUT2D eigenvalue weighted by atomic mass is 19.1. The van der Waals surface area contributed by atoms with E-state index in [2.05, 4.69) is 120 Å². The predicted octanol–water partition coefficient (Wildman–Crippen LogP) is 10.5. The van der Waals surface area contributed by atoms with E-state index in [0.717, 1.165) is 33.4 Å². The molecular formula is C100H120F2N18O6. The van der Waals surface area contributed by atoms with E-state index in [0.29, 0.717) is 141 Å². The van der Waals surface area contributed by atoms with Crippen LogP contribution in [-0.2, 0) is 28.8 Å². The molecule has 660 valence electrons. The van der Waals surface area contributed by atoms with Gasteiger partial charge < -0.3 is 81.0 Å². The van der Waals surface area contributed by atoms with E-state index in [-0.39, 0.29) is 89.8 Å². The van der Waals surface area contributed by atoms with Gasteiger partial charge in [0.2, 0.25) is 29.5 Å². The molecule has 3 heterocycles. The number of halogens is 2. The van der Waals surface area contributed by atoms with Crippen LogP contribution in [0.5, 0.6) is 0 Å². The highest BCUT2D eigenvalue weighted by molar-refractivity contribution is 5.96. The third-order valence-electron chi connectivity index (χ3n) is 22.4. The molecule has 0 aliphatic carbocycles. The number of aryl methyl sites for hydroxylation is 1. The van der Waals surface area contributed by atoms with E-state index in [1.807, 2.05) is 167 Å². The van der Waals surface area contributed by atoms with Crippen molar-refractivity contribution >= 4 is 71.5 Å². The van der Waals surface area contributed by atoms with Crippen molar-refractivity contribution in [1.82, 2.24) is 46.6 Å². The molecule has 0 spiro atoms. The van der Waals surface area contributed by atoms with Crippen LogP contribution in [0.4, 0.5) is 8.78 Å². The summed E-state index contributed by atoms with van der Waals surface area (Å²) in [6, 6.07) is 82.7. The number of guanidine groups is 3. The molecule has 126 heavy (non-hydrogen) atoms. The van der Waals surface area contributed by atoms with Crippen molar-refractivity contribution in [3.05, 3.63) is 340 Å². The first-order valence-electron chi connectivity index (χ1n) is 43.2. The first kappa shape index (κ1) is 94.8. The second-order valence-corrected chi connectivity index (χ2v) is 31.6. The highest BCUT2D eigenvalue weighted by Crippen LogP contribution is 2.31. The molecular weight excluding hydrogens is 1590 g/mol. The maximum absolute atomic E-state index is 14.6. The summed E-state index contributed by atoms with van der Waals surface area (Å²) in [5.74, 6) is -2.34. The number of nitrogens with two attached hydrogens (primary N) is 6. The summed E-state index contributed by atoms with van der Waals surface area (Å²) < 4.78 is 28.5. The summed E-state index contributed by atoms with van der Waals surface area (Å²) in [6.07, 6.45) is 12.9. The zero-order valence-electron chi connectivity index (χ0n) is 71.6. The molecule has 0 saturated carbocycles. The van der Waals surface area contributed by atoms with Crippen molar-refractivity contribution in [3.63, 3.8) is 0 Å². The van der Waals surface area contributed by atoms with Crippen LogP contribution in [0.2, 0.25) is 0 Å². The van der Waals surface area contributed by atoms with Gasteiger partial charge in [-0.25, -0.2) is 8.78 Å². The third kappa shape index (κ3) is 31.4. The first-order valence-corrected chi connectivity index (χ1v) is 43.2. The highest BCUT2D eigenvalue weighted by Gasteiger charge is 2.37. The first-order chi connectivity index (χ1) is 61.2. The molecule has 24 nitrogen and oxygen atoms in total. The fourth-order valence-electron chi connectivity index (χ4n) is 15.7. The number of rotatable bonds is 36. The molecule has 3 saturated heterocycles. The lowest BCUT2D eigenvalue weighted by atomic mass is 9.90. The van der Waals surface area contributed by atoms with Crippen molar-refractivity contribution in [2.45, 2.75) is 119 Å². The Balaban J connectivity index is 0.000000197. The molecule has 26 heteroatoms. The summed E-state index contributed by atoms with van der Waals surface area (Å²) in [5, 5.41) is 19.0. The van der Waals surface area contributed by atoms with Crippen LogP contribution in [0.3, 0.4) is 0 Å². The van der Waals surface area contributed by atoms with Crippen LogP contribution in [0.25, 0.3) is 18.2 Å². The van der Waals surface area contributed by atoms with Gasteiger partial charge in [-0.1, -0.05) is 255 Å². The Morgan fingerprint density at radius 3 is 1.01 bits per heavy atom. The Morgan fingerprint density at radius 1 is 0.405 bits per heavy atom. The zero-order chi connectivity index (χ0) is 89.2. The second-order valence-electron chi connectivity index (χ2n) is 31.6. The minimum absolute atomic E-state index is 0.00730. The maximum Gasteiger partial charge on any atom is 0.280 e. The predicted molar refractivity (Wildman–Crippen MR) is 500 cm³/mol. The van der Waals surface area contributed by atoms with Gasteiger partial charge in [0, 0.05) is 132 Å². The molecule has 3 fully saturated rings. The van der Waals surface area contributed by atoms with Gasteiger partial charge in [-0.05, 0) is 139 Å². The lowest BCUT2D eigenvalue weighted by Crippen LogP contribution is -2.49. The largest absolute Gasteiger partial charge is 0.370 e. The Hall–Kier alpha value is -13.4. The number of benzene rings is 9. The molecule has 12 rings (SSSR count). The summed E-state index contributed by atoms with van der Waals surface area (Å²) >= 11 is 0. The summed E-state index contributed by atoms with van der Waals surface area (Å²) in [7, 11) is 0. The molecule has 9 aromatic carbocycles. The van der Waals surface area contributed by atoms with Gasteiger partial charge in [-0.2, -0.15) is 0 Å². The summed E-state index contributed by atoms with van der Waals surface area (Å²) in [4.78, 5) is 97.4. The van der Waals surface area contributed by atoms with E-state index in [1.165, 1.54) is 35.4 Å². The SMILES string of the molecule is Cc1ccccc1/C=C/C(=O)NC[C@@H]1CCN(CC(c2ccccc2)c2ccccc2)C(=O)[C@H](CCCN=C(N)N)N1.NC(N)=NCCC[C@@H]1N[C@H](CNC(=O)/C(F)=C/c2ccccc2)CCN(CC(c2ccccc2)c2ccccc2)C1=O.NC(N)=NCCC[C@@H]1N[C@H](CNC(=O)/C=C/c2ccccc2F)CCN(CC(c2ccccc2)c2ccccc2)C1=O. The number of hydrogen-bond acceptors (Lipinski definition) is 12. The Morgan fingerprint density at radius 2 is 0.690 bits per heavy atom. The molecule has 0 aromatic heterocycles. The number of nitrogens with one attached hydrogen (secondary N) is 6. The van der Waals surface area contributed by atoms with Gasteiger partial charge >= 0.3 is 0 Å². The number of aliphatic imine (C=N–C) groups is 3. The van der Waals surface area contributed by atoms with Crippen molar-refractivity contribution in [1.29, 1.82) is 0 Å². The smallest absolute Gasteiger partial charge is 0.280 e. The van der Waals surface area contributed by atoms with Crippen LogP contribution in [0.1, 0.15) is 131 Å². The van der Waals surface area contributed by atoms with Crippen LogP contribution in [0, 0.1) is 12.7 Å². The van der Waals surface area contributed by atoms with Crippen molar-refractivity contribution in [3.8, 4) is 0 Å². The van der Waals surface area contributed by atoms with Crippen molar-refractivity contribution in [2.24, 2.45) is 49.4 Å². The van der Waals surface area contributed by atoms with Crippen LogP contribution in [-0.4, -0.2) is 183 Å². The van der Waals surface area contributed by atoms with Crippen molar-refractivity contribution < 1.29 is 37.5 Å². The minimum Gasteiger partial charge on any atom is -0.370 e. The number of carbonyl (C=O) groups is 6. The summed E-state index contributed by atoms with van der Waals surface area (Å²) in [5.41, 5.74) is 42.9. The molecule has 3 aliphatic rings. The van der Waals surface area contributed by atoms with E-state index in [9.17, 15) is 37.5 Å². The van der Waals surface area contributed by atoms with Gasteiger partial charge in [0.1, 0.15) is 5.82 Å². The van der Waals surface area contributed by atoms with Crippen LogP contribution >= 0.6 is 0 Å². The van der Waals surface area contributed by atoms with Gasteiger partial charge in [0.05, 0.1) is 18.1 Å².